The topological polar surface area (TPSA) is 47.6 Å². The first kappa shape index (κ1) is 8.85. The maximum Gasteiger partial charge on any atom is 0.282 e. The van der Waals surface area contributed by atoms with Crippen molar-refractivity contribution in [2.24, 2.45) is 22.6 Å². The summed E-state index contributed by atoms with van der Waals surface area (Å²) < 4.78 is 5.26. The van der Waals surface area contributed by atoms with Crippen molar-refractivity contribution in [3.63, 3.8) is 0 Å². The second-order valence-electron chi connectivity index (χ2n) is 4.66. The number of nitrogens with two attached hydrogens (primary N) is 1. The third kappa shape index (κ3) is 1.52. The number of aliphatic imine (C=N–C) groups is 1. The molecule has 0 saturated heterocycles. The van der Waals surface area contributed by atoms with Gasteiger partial charge in [-0.3, -0.25) is 0 Å². The van der Waals surface area contributed by atoms with Crippen molar-refractivity contribution in [1.29, 1.82) is 0 Å². The monoisotopic (exact) mass is 182 g/mol. The van der Waals surface area contributed by atoms with Crippen molar-refractivity contribution < 1.29 is 4.74 Å². The van der Waals surface area contributed by atoms with Gasteiger partial charge in [0.1, 0.15) is 12.1 Å². The van der Waals surface area contributed by atoms with Crippen LogP contribution in [0.25, 0.3) is 0 Å². The normalized spacial score (nSPS) is 44.6. The minimum Gasteiger partial charge on any atom is -0.463 e. The Morgan fingerprint density at radius 1 is 1.46 bits per heavy atom. The van der Waals surface area contributed by atoms with E-state index in [-0.39, 0.29) is 5.54 Å². The predicted octanol–water partition coefficient (Wildman–Crippen LogP) is 1.53. The van der Waals surface area contributed by atoms with Crippen LogP contribution in [0.1, 0.15) is 33.1 Å². The Morgan fingerprint density at radius 3 is 2.77 bits per heavy atom. The fourth-order valence-electron chi connectivity index (χ4n) is 2.42. The number of hydrogen-bond donors (Lipinski definition) is 1. The van der Waals surface area contributed by atoms with Crippen molar-refractivity contribution in [3.8, 4) is 0 Å². The van der Waals surface area contributed by atoms with E-state index in [0.29, 0.717) is 12.6 Å². The van der Waals surface area contributed by atoms with Crippen LogP contribution in [0.5, 0.6) is 0 Å². The molecule has 3 atom stereocenters. The maximum absolute atomic E-state index is 5.55. The van der Waals surface area contributed by atoms with Crippen molar-refractivity contribution >= 4 is 6.02 Å². The number of nitrogens with zero attached hydrogens (tertiary/aromatic N) is 1. The molecule has 1 spiro atoms. The van der Waals surface area contributed by atoms with Gasteiger partial charge in [-0.25, -0.2) is 4.99 Å². The van der Waals surface area contributed by atoms with Crippen molar-refractivity contribution in [1.82, 2.24) is 0 Å². The average Bonchev–Trinajstić information content (AvgIpc) is 2.42. The molecule has 1 aliphatic heterocycles. The Kier molecular flexibility index (Phi) is 1.97. The highest BCUT2D eigenvalue weighted by Gasteiger charge is 2.41. The van der Waals surface area contributed by atoms with Crippen LogP contribution in [0, 0.1) is 11.8 Å². The van der Waals surface area contributed by atoms with Crippen LogP contribution < -0.4 is 5.73 Å². The van der Waals surface area contributed by atoms with Crippen LogP contribution in [-0.2, 0) is 4.74 Å². The average molecular weight is 182 g/mol. The smallest absolute Gasteiger partial charge is 0.282 e. The number of hydrogen-bond acceptors (Lipinski definition) is 3. The standard InChI is InChI=1S/C10H18N2O/c1-7-3-4-10(5-8(7)2)6-13-9(11)12-10/h7-8H,3-6H2,1-2H3,(H2,11,12). The van der Waals surface area contributed by atoms with Gasteiger partial charge in [0.2, 0.25) is 0 Å². The lowest BCUT2D eigenvalue weighted by molar-refractivity contribution is 0.141. The molecule has 0 radical (unpaired) electrons. The van der Waals surface area contributed by atoms with Gasteiger partial charge in [-0.2, -0.15) is 0 Å². The highest BCUT2D eigenvalue weighted by atomic mass is 16.5. The van der Waals surface area contributed by atoms with Crippen LogP contribution in [-0.4, -0.2) is 18.2 Å². The zero-order valence-corrected chi connectivity index (χ0v) is 8.42. The molecule has 0 amide bonds. The molecule has 2 aliphatic rings. The zero-order valence-electron chi connectivity index (χ0n) is 8.42. The Hall–Kier alpha value is -0.730. The third-order valence-electron chi connectivity index (χ3n) is 3.57. The molecule has 2 rings (SSSR count). The summed E-state index contributed by atoms with van der Waals surface area (Å²) in [4.78, 5) is 4.44. The number of ether oxygens (including phenoxy) is 1. The highest BCUT2D eigenvalue weighted by molar-refractivity contribution is 5.73. The highest BCUT2D eigenvalue weighted by Crippen LogP contribution is 2.40. The number of rotatable bonds is 0. The second kappa shape index (κ2) is 2.89. The second-order valence-corrected chi connectivity index (χ2v) is 4.66. The van der Waals surface area contributed by atoms with E-state index >= 15 is 0 Å². The molecule has 0 bridgehead atoms. The molecule has 1 fully saturated rings. The van der Waals surface area contributed by atoms with E-state index in [4.69, 9.17) is 10.5 Å². The lowest BCUT2D eigenvalue weighted by Crippen LogP contribution is -2.37. The minimum atomic E-state index is 0.0377. The molecule has 1 aliphatic carbocycles. The lowest BCUT2D eigenvalue weighted by atomic mass is 9.72. The third-order valence-corrected chi connectivity index (χ3v) is 3.57. The van der Waals surface area contributed by atoms with Crippen molar-refractivity contribution in [3.05, 3.63) is 0 Å². The predicted molar refractivity (Wildman–Crippen MR) is 52.5 cm³/mol. The van der Waals surface area contributed by atoms with Crippen LogP contribution in [0.3, 0.4) is 0 Å². The molecule has 1 saturated carbocycles. The van der Waals surface area contributed by atoms with Gasteiger partial charge in [0, 0.05) is 0 Å². The van der Waals surface area contributed by atoms with Gasteiger partial charge in [-0.15, -0.1) is 0 Å². The number of amidine groups is 1. The summed E-state index contributed by atoms with van der Waals surface area (Å²) in [6.45, 7) is 5.33. The molecule has 3 unspecified atom stereocenters. The molecule has 3 nitrogen and oxygen atoms in total. The van der Waals surface area contributed by atoms with E-state index in [0.717, 1.165) is 24.7 Å². The van der Waals surface area contributed by atoms with Crippen molar-refractivity contribution in [2.75, 3.05) is 6.61 Å². The van der Waals surface area contributed by atoms with Crippen LogP contribution in [0.2, 0.25) is 0 Å². The Balaban J connectivity index is 2.10. The zero-order chi connectivity index (χ0) is 9.47. The lowest BCUT2D eigenvalue weighted by Gasteiger charge is -2.36. The van der Waals surface area contributed by atoms with Gasteiger partial charge in [0.15, 0.2) is 0 Å². The molecular weight excluding hydrogens is 164 g/mol. The van der Waals surface area contributed by atoms with Crippen LogP contribution >= 0.6 is 0 Å². The van der Waals surface area contributed by atoms with Gasteiger partial charge >= 0.3 is 0 Å². The largest absolute Gasteiger partial charge is 0.463 e. The minimum absolute atomic E-state index is 0.0377. The molecule has 0 aromatic carbocycles. The van der Waals surface area contributed by atoms with E-state index in [9.17, 15) is 0 Å². The molecule has 3 heteroatoms. The van der Waals surface area contributed by atoms with Crippen molar-refractivity contribution in [2.45, 2.75) is 38.6 Å². The SMILES string of the molecule is CC1CCC2(COC(N)=N2)CC1C. The first-order chi connectivity index (χ1) is 6.11. The quantitative estimate of drug-likeness (QED) is 0.617. The first-order valence-electron chi connectivity index (χ1n) is 5.09. The summed E-state index contributed by atoms with van der Waals surface area (Å²) in [5.41, 5.74) is 5.59. The summed E-state index contributed by atoms with van der Waals surface area (Å²) >= 11 is 0. The summed E-state index contributed by atoms with van der Waals surface area (Å²) in [5, 5.41) is 0. The van der Waals surface area contributed by atoms with E-state index < -0.39 is 0 Å². The van der Waals surface area contributed by atoms with Gasteiger partial charge in [0.25, 0.3) is 6.02 Å². The molecule has 0 aromatic heterocycles. The Bertz CT molecular complexity index is 239. The van der Waals surface area contributed by atoms with E-state index in [1.54, 1.807) is 0 Å². The summed E-state index contributed by atoms with van der Waals surface area (Å²) in [6.07, 6.45) is 3.52. The van der Waals surface area contributed by atoms with E-state index in [1.165, 1.54) is 6.42 Å². The van der Waals surface area contributed by atoms with Gasteiger partial charge < -0.3 is 10.5 Å². The molecule has 1 heterocycles. The molecular formula is C10H18N2O. The summed E-state index contributed by atoms with van der Waals surface area (Å²) in [5.74, 6) is 1.56. The molecule has 13 heavy (non-hydrogen) atoms. The first-order valence-corrected chi connectivity index (χ1v) is 5.09. The Labute approximate surface area is 79.4 Å². The van der Waals surface area contributed by atoms with E-state index in [2.05, 4.69) is 18.8 Å². The fraction of sp³-hybridized carbons (Fsp3) is 0.900. The Morgan fingerprint density at radius 2 is 2.23 bits per heavy atom. The molecule has 0 aromatic rings. The van der Waals surface area contributed by atoms with Crippen LogP contribution in [0.15, 0.2) is 4.99 Å². The van der Waals surface area contributed by atoms with E-state index in [1.807, 2.05) is 0 Å². The van der Waals surface area contributed by atoms with Gasteiger partial charge in [0.05, 0.1) is 0 Å². The summed E-state index contributed by atoms with van der Waals surface area (Å²) in [6, 6.07) is 0.391. The van der Waals surface area contributed by atoms with Gasteiger partial charge in [-0.05, 0) is 31.1 Å². The van der Waals surface area contributed by atoms with Gasteiger partial charge in [-0.1, -0.05) is 13.8 Å². The fourth-order valence-corrected chi connectivity index (χ4v) is 2.42. The maximum atomic E-state index is 5.55. The van der Waals surface area contributed by atoms with Crippen LogP contribution in [0.4, 0.5) is 0 Å². The molecule has 74 valence electrons. The summed E-state index contributed by atoms with van der Waals surface area (Å²) in [7, 11) is 0. The molecule has 2 N–H and O–H groups in total.